The zero-order chi connectivity index (χ0) is 18.1. The Morgan fingerprint density at radius 1 is 1.08 bits per heavy atom. The normalized spacial score (nSPS) is 12.1. The molecule has 2 rings (SSSR count). The Kier molecular flexibility index (Phi) is 4.77. The Hall–Kier alpha value is -2.25. The molecule has 0 aliphatic rings. The van der Waals surface area contributed by atoms with Crippen molar-refractivity contribution in [3.05, 3.63) is 47.3 Å². The van der Waals surface area contributed by atoms with E-state index in [0.29, 0.717) is 12.2 Å². The number of hydrogen-bond donors (Lipinski definition) is 2. The summed E-state index contributed by atoms with van der Waals surface area (Å²) in [7, 11) is 0. The molecule has 1 aromatic carbocycles. The summed E-state index contributed by atoms with van der Waals surface area (Å²) >= 11 is 0. The molecule has 2 aromatic rings. The number of carbonyl (C=O) groups excluding carboxylic acids is 1. The minimum Gasteiger partial charge on any atom is -0.507 e. The molecule has 1 heterocycles. The van der Waals surface area contributed by atoms with Crippen molar-refractivity contribution in [3.63, 3.8) is 0 Å². The van der Waals surface area contributed by atoms with Gasteiger partial charge in [-0.05, 0) is 34.6 Å². The van der Waals surface area contributed by atoms with Crippen molar-refractivity contribution in [2.24, 2.45) is 0 Å². The molecular formula is C21H27NO2. The third kappa shape index (κ3) is 3.63. The summed E-state index contributed by atoms with van der Waals surface area (Å²) in [6.45, 7) is 12.6. The molecular weight excluding hydrogens is 298 g/mol. The van der Waals surface area contributed by atoms with Gasteiger partial charge in [0.2, 0.25) is 0 Å². The first-order valence-electron chi connectivity index (χ1n) is 8.29. The molecule has 0 aliphatic heterocycles. The maximum atomic E-state index is 10.8. The zero-order valence-corrected chi connectivity index (χ0v) is 15.4. The molecule has 3 heteroatoms. The largest absolute Gasteiger partial charge is 0.507 e. The topological polar surface area (TPSA) is 53.1 Å². The van der Waals surface area contributed by atoms with Crippen LogP contribution < -0.4 is 0 Å². The molecule has 128 valence electrons. The minimum absolute atomic E-state index is 0.167. The number of hydrogen-bond acceptors (Lipinski definition) is 2. The van der Waals surface area contributed by atoms with E-state index in [1.165, 1.54) is 6.08 Å². The highest BCUT2D eigenvalue weighted by atomic mass is 16.3. The van der Waals surface area contributed by atoms with E-state index in [0.717, 1.165) is 27.9 Å². The number of H-pyrrole nitrogens is 1. The van der Waals surface area contributed by atoms with E-state index in [1.807, 2.05) is 18.2 Å². The van der Waals surface area contributed by atoms with Gasteiger partial charge in [0.25, 0.3) is 0 Å². The number of allylic oxidation sites excluding steroid dienone is 1. The van der Waals surface area contributed by atoms with Gasteiger partial charge in [0, 0.05) is 41.1 Å². The minimum atomic E-state index is -0.167. The van der Waals surface area contributed by atoms with Crippen molar-refractivity contribution in [1.82, 2.24) is 4.98 Å². The predicted octanol–water partition coefficient (Wildman–Crippen LogP) is 4.91. The summed E-state index contributed by atoms with van der Waals surface area (Å²) in [6.07, 6.45) is 3.87. The summed E-state index contributed by atoms with van der Waals surface area (Å²) < 4.78 is 0. The first-order chi connectivity index (χ1) is 11.1. The van der Waals surface area contributed by atoms with Gasteiger partial charge in [-0.2, -0.15) is 0 Å². The zero-order valence-electron chi connectivity index (χ0n) is 15.4. The Morgan fingerprint density at radius 3 is 2.08 bits per heavy atom. The molecule has 2 N–H and O–H groups in total. The van der Waals surface area contributed by atoms with E-state index in [1.54, 1.807) is 0 Å². The molecule has 0 saturated carbocycles. The number of aromatic amines is 1. The van der Waals surface area contributed by atoms with Gasteiger partial charge in [-0.15, -0.1) is 0 Å². The highest BCUT2D eigenvalue weighted by molar-refractivity contribution is 5.71. The van der Waals surface area contributed by atoms with Crippen LogP contribution in [0.1, 0.15) is 58.4 Å². The van der Waals surface area contributed by atoms with E-state index < -0.39 is 0 Å². The lowest BCUT2D eigenvalue weighted by atomic mass is 9.77. The number of aromatic nitrogens is 1. The number of phenols is 1. The van der Waals surface area contributed by atoms with Gasteiger partial charge in [-0.1, -0.05) is 41.5 Å². The van der Waals surface area contributed by atoms with Gasteiger partial charge >= 0.3 is 0 Å². The highest BCUT2D eigenvalue weighted by Gasteiger charge is 2.27. The lowest BCUT2D eigenvalue weighted by molar-refractivity contribution is 0.423. The predicted molar refractivity (Wildman–Crippen MR) is 99.3 cm³/mol. The number of aromatic hydroxyl groups is 1. The molecule has 0 aliphatic carbocycles. The molecule has 3 nitrogen and oxygen atoms in total. The number of nitrogens with one attached hydrogen (secondary N) is 1. The van der Waals surface area contributed by atoms with Gasteiger partial charge in [0.05, 0.1) is 0 Å². The molecule has 0 spiro atoms. The van der Waals surface area contributed by atoms with Crippen molar-refractivity contribution in [1.29, 1.82) is 0 Å². The first-order valence-corrected chi connectivity index (χ1v) is 8.29. The van der Waals surface area contributed by atoms with Crippen LogP contribution in [0.3, 0.4) is 0 Å². The average Bonchev–Trinajstić information content (AvgIpc) is 2.91. The smallest absolute Gasteiger partial charge is 0.123 e. The Morgan fingerprint density at radius 2 is 1.62 bits per heavy atom. The average molecular weight is 325 g/mol. The van der Waals surface area contributed by atoms with Crippen LogP contribution in [0.15, 0.2) is 30.5 Å². The van der Waals surface area contributed by atoms with Crippen LogP contribution >= 0.6 is 0 Å². The van der Waals surface area contributed by atoms with Gasteiger partial charge in [-0.3, -0.25) is 0 Å². The second-order valence-electron chi connectivity index (χ2n) is 8.32. The number of benzene rings is 1. The second kappa shape index (κ2) is 6.33. The van der Waals surface area contributed by atoms with Gasteiger partial charge in [-0.25, -0.2) is 4.79 Å². The lowest BCUT2D eigenvalue weighted by Crippen LogP contribution is -2.17. The maximum Gasteiger partial charge on any atom is 0.123 e. The van der Waals surface area contributed by atoms with Crippen LogP contribution in [0.25, 0.3) is 11.1 Å². The lowest BCUT2D eigenvalue weighted by Gasteiger charge is -2.28. The first kappa shape index (κ1) is 18.1. The molecule has 0 unspecified atom stereocenters. The molecule has 0 radical (unpaired) electrons. The molecule has 0 bridgehead atoms. The van der Waals surface area contributed by atoms with Crippen LogP contribution in [0.5, 0.6) is 5.75 Å². The fourth-order valence-electron chi connectivity index (χ4n) is 2.92. The fourth-order valence-corrected chi connectivity index (χ4v) is 2.92. The fraction of sp³-hybridized carbons (Fsp3) is 0.429. The monoisotopic (exact) mass is 325 g/mol. The van der Waals surface area contributed by atoms with Crippen LogP contribution in [-0.4, -0.2) is 16.0 Å². The van der Waals surface area contributed by atoms with Crippen LogP contribution in [-0.2, 0) is 22.0 Å². The summed E-state index contributed by atoms with van der Waals surface area (Å²) in [4.78, 5) is 13.7. The number of phenolic OH excluding ortho intramolecular Hbond substituents is 1. The molecule has 0 fully saturated rings. The van der Waals surface area contributed by atoms with Crippen molar-refractivity contribution in [2.45, 2.75) is 58.8 Å². The van der Waals surface area contributed by atoms with Gasteiger partial charge < -0.3 is 10.1 Å². The third-order valence-electron chi connectivity index (χ3n) is 4.26. The van der Waals surface area contributed by atoms with E-state index in [2.05, 4.69) is 58.7 Å². The molecule has 24 heavy (non-hydrogen) atoms. The summed E-state index contributed by atoms with van der Waals surface area (Å²) in [5.41, 5.74) is 4.61. The molecule has 0 atom stereocenters. The summed E-state index contributed by atoms with van der Waals surface area (Å²) in [5.74, 6) is 2.21. The van der Waals surface area contributed by atoms with Crippen LogP contribution in [0.2, 0.25) is 0 Å². The number of rotatable bonds is 3. The van der Waals surface area contributed by atoms with Crippen LogP contribution in [0.4, 0.5) is 0 Å². The molecule has 0 amide bonds. The quantitative estimate of drug-likeness (QED) is 0.788. The van der Waals surface area contributed by atoms with Crippen molar-refractivity contribution >= 4 is 5.94 Å². The Labute approximate surface area is 144 Å². The SMILES string of the molecule is CC(C)(C)c1cc(-c2cc[nH]c2CC=C=O)cc(C(C)(C)C)c1O. The Balaban J connectivity index is 2.72. The van der Waals surface area contributed by atoms with Crippen LogP contribution in [0, 0.1) is 0 Å². The second-order valence-corrected chi connectivity index (χ2v) is 8.32. The van der Waals surface area contributed by atoms with Crippen molar-refractivity contribution < 1.29 is 9.90 Å². The summed E-state index contributed by atoms with van der Waals surface area (Å²) in [5, 5.41) is 10.8. The highest BCUT2D eigenvalue weighted by Crippen LogP contribution is 2.42. The molecule has 1 aromatic heterocycles. The van der Waals surface area contributed by atoms with E-state index in [4.69, 9.17) is 0 Å². The van der Waals surface area contributed by atoms with E-state index >= 15 is 0 Å². The third-order valence-corrected chi connectivity index (χ3v) is 4.26. The maximum absolute atomic E-state index is 10.8. The Bertz CT molecular complexity index is 744. The summed E-state index contributed by atoms with van der Waals surface area (Å²) in [6, 6.07) is 6.13. The van der Waals surface area contributed by atoms with Crippen molar-refractivity contribution in [2.75, 3.05) is 0 Å². The van der Waals surface area contributed by atoms with Crippen molar-refractivity contribution in [3.8, 4) is 16.9 Å². The molecule has 0 saturated heterocycles. The standard InChI is InChI=1S/C21H27NO2/c1-20(2,3)16-12-14(13-17(19(16)24)21(4,5)6)15-9-10-22-18(15)8-7-11-23/h7,9-10,12-13,22,24H,8H2,1-6H3. The van der Waals surface area contributed by atoms with E-state index in [-0.39, 0.29) is 10.8 Å². The van der Waals surface area contributed by atoms with Gasteiger partial charge in [0.15, 0.2) is 0 Å². The van der Waals surface area contributed by atoms with E-state index in [9.17, 15) is 9.90 Å². The van der Waals surface area contributed by atoms with Gasteiger partial charge in [0.1, 0.15) is 11.7 Å².